The number of carboxylic acid groups (broad SMARTS) is 4. The lowest BCUT2D eigenvalue weighted by Crippen LogP contribution is -2.59. The fraction of sp³-hybridized carbons (Fsp3) is 0.554. The number of carbonyl (C=O) groups excluding carboxylic acids is 12. The minimum absolute atomic E-state index is 0.00437. The van der Waals surface area contributed by atoms with Crippen LogP contribution in [0.2, 0.25) is 0 Å². The Balaban J connectivity index is 1.09. The SMILES string of the molecule is CCCC(=O)OCN(C(=O)C(NC(=O)[C@H]1CCCCN1C)[C@@H](C)CC)[C@H](C[C@@H](OC(C)=O)c1nc(C(=O)N[C@@H](Cc2ccc(O)cc2)C[C@H](C)C(=O)NNC(=O)OCCSSC[C@@H](C)NC(=O)[C@H](CC(=O)O)NC(=O)[C@H](Cc2ccccc2)NC(=O)Cc2ccc(CNC(=O)NCCCC[C@H](NC(=O)N[C@@H](CCC(=O)O)C(=O)O)C(=O)O)cc2)cs1)C(C)C. The Labute approximate surface area is 731 Å². The maximum absolute atomic E-state index is 15.0. The van der Waals surface area contributed by atoms with E-state index in [2.05, 4.69) is 63.7 Å². The number of likely N-dealkylation sites (tertiary alicyclic amines) is 1. The van der Waals surface area contributed by atoms with Crippen molar-refractivity contribution in [3.63, 3.8) is 0 Å². The van der Waals surface area contributed by atoms with E-state index in [1.807, 2.05) is 46.6 Å². The van der Waals surface area contributed by atoms with Crippen molar-refractivity contribution in [2.45, 2.75) is 232 Å². The van der Waals surface area contributed by atoms with Gasteiger partial charge in [-0.3, -0.25) is 63.1 Å². The number of hydrazine groups is 1. The molecule has 16 N–H and O–H groups in total. The van der Waals surface area contributed by atoms with E-state index < -0.39 is 182 Å². The van der Waals surface area contributed by atoms with Gasteiger partial charge in [0.15, 0.2) is 12.8 Å². The molecule has 682 valence electrons. The molecule has 1 aliphatic heterocycles. The summed E-state index contributed by atoms with van der Waals surface area (Å²) in [5, 5.41) is 72.7. The topological polar surface area (TPSA) is 554 Å². The number of aromatic hydroxyl groups is 1. The molecule has 12 atom stereocenters. The van der Waals surface area contributed by atoms with Gasteiger partial charge in [-0.1, -0.05) is 143 Å². The number of aliphatic carboxylic acids is 4. The lowest BCUT2D eigenvalue weighted by molar-refractivity contribution is -0.160. The second kappa shape index (κ2) is 54.3. The maximum Gasteiger partial charge on any atom is 0.426 e. The number of urea groups is 2. The zero-order chi connectivity index (χ0) is 91.5. The van der Waals surface area contributed by atoms with E-state index >= 15 is 4.79 Å². The summed E-state index contributed by atoms with van der Waals surface area (Å²) in [6.45, 7) is 14.1. The van der Waals surface area contributed by atoms with E-state index in [4.69, 9.17) is 19.3 Å². The van der Waals surface area contributed by atoms with Crippen molar-refractivity contribution in [1.82, 2.24) is 73.5 Å². The second-order valence-corrected chi connectivity index (χ2v) is 34.1. The summed E-state index contributed by atoms with van der Waals surface area (Å²) in [5.74, 6) is -12.2. The van der Waals surface area contributed by atoms with Crippen LogP contribution in [0.3, 0.4) is 0 Å². The smallest absolute Gasteiger partial charge is 0.426 e. The maximum atomic E-state index is 15.0. The van der Waals surface area contributed by atoms with Gasteiger partial charge in [-0.2, -0.15) is 0 Å². The number of aromatic nitrogens is 1. The Bertz CT molecular complexity index is 4210. The van der Waals surface area contributed by atoms with E-state index in [0.717, 1.165) is 30.7 Å². The number of nitrogens with zero attached hydrogens (tertiary/aromatic N) is 3. The molecule has 12 amide bonds. The van der Waals surface area contributed by atoms with Crippen LogP contribution in [-0.4, -0.2) is 235 Å². The van der Waals surface area contributed by atoms with Crippen molar-refractivity contribution in [1.29, 1.82) is 0 Å². The molecule has 0 saturated carbocycles. The lowest BCUT2D eigenvalue weighted by atomic mass is 9.92. The summed E-state index contributed by atoms with van der Waals surface area (Å²) in [4.78, 5) is 216. The first kappa shape index (κ1) is 103. The van der Waals surface area contributed by atoms with E-state index in [1.165, 1.54) is 50.9 Å². The number of carboxylic acids is 4. The molecule has 124 heavy (non-hydrogen) atoms. The molecule has 1 unspecified atom stereocenters. The minimum Gasteiger partial charge on any atom is -0.508 e. The number of rotatable bonds is 53. The Hall–Kier alpha value is -11.3. The van der Waals surface area contributed by atoms with E-state index in [0.29, 0.717) is 47.9 Å². The van der Waals surface area contributed by atoms with Gasteiger partial charge in [-0.15, -0.1) is 11.3 Å². The molecular weight excluding hydrogens is 1670 g/mol. The lowest BCUT2D eigenvalue weighted by Gasteiger charge is -2.39. The van der Waals surface area contributed by atoms with Gasteiger partial charge in [0.1, 0.15) is 53.3 Å². The molecule has 5 rings (SSSR count). The van der Waals surface area contributed by atoms with Gasteiger partial charge in [0.05, 0.1) is 18.9 Å². The predicted octanol–water partition coefficient (Wildman–Crippen LogP) is 5.99. The first-order valence-electron chi connectivity index (χ1n) is 41.1. The molecular formula is C83H118N14O24S3. The van der Waals surface area contributed by atoms with E-state index in [-0.39, 0.29) is 117 Å². The van der Waals surface area contributed by atoms with Crippen molar-refractivity contribution in [3.8, 4) is 5.75 Å². The van der Waals surface area contributed by atoms with Crippen molar-refractivity contribution in [2.75, 3.05) is 45.0 Å². The standard InChI is InChI=1S/C83H118N14O24S3/c1-10-19-70(105)120-47-97(78(111)71(49(5)11-2)93-76(110)64-23-16-18-35-96(64)9)65(48(3)4)43-66(121-52(8)98)77-90-63(46-122-77)75(109)87-57(39-54-28-30-58(99)31-29-54)38-50(6)72(106)94-95-83(118)119-36-37-123-124-45-51(7)86-73(107)62(42-69(103)104)89-74(108)61(40-53-20-13-12-14-21-53)88-67(100)41-55-24-26-56(27-25-55)44-85-81(116)84-34-17-15-22-59(79(112)113)91-82(117)92-60(80(114)115)32-33-68(101)102/h12-14,20-21,24-31,46,48-51,57,59-62,64-66,71,99H,10-11,15-19,22-23,32-45,47H2,1-9H3,(H,86,107)(H,87,109)(H,88,100)(H,89,108)(H,93,110)(H,94,106)(H,95,118)(H,101,102)(H,103,104)(H,112,113)(H,114,115)(H2,84,85,116)(H2,91,92,117)/t49-,50-,51+,57+,59-,60-,61-,62-,64+,65+,66+,71?/m0/s1. The third kappa shape index (κ3) is 38.2. The van der Waals surface area contributed by atoms with Crippen molar-refractivity contribution in [2.24, 2.45) is 17.8 Å². The number of carbonyl (C=O) groups is 16. The Morgan fingerprint density at radius 2 is 1.30 bits per heavy atom. The largest absolute Gasteiger partial charge is 0.508 e. The van der Waals surface area contributed by atoms with Crippen LogP contribution >= 0.6 is 32.9 Å². The molecule has 38 nitrogen and oxygen atoms in total. The zero-order valence-electron chi connectivity index (χ0n) is 71.1. The van der Waals surface area contributed by atoms with Crippen LogP contribution in [0.15, 0.2) is 84.2 Å². The molecule has 1 aliphatic rings. The number of amides is 12. The average molecular weight is 1790 g/mol. The molecule has 2 heterocycles. The number of hydrogen-bond acceptors (Lipinski definition) is 25. The van der Waals surface area contributed by atoms with Gasteiger partial charge >= 0.3 is 54.0 Å². The summed E-state index contributed by atoms with van der Waals surface area (Å²) in [6.07, 6.45) is -0.0322. The number of phenols is 1. The Kier molecular flexibility index (Phi) is 45.2. The van der Waals surface area contributed by atoms with Crippen LogP contribution in [0.25, 0.3) is 0 Å². The van der Waals surface area contributed by atoms with Crippen LogP contribution in [-0.2, 0) is 97.6 Å². The molecule has 4 aromatic rings. The fourth-order valence-electron chi connectivity index (χ4n) is 13.1. The van der Waals surface area contributed by atoms with Crippen LogP contribution in [0.5, 0.6) is 5.75 Å². The molecule has 1 fully saturated rings. The van der Waals surface area contributed by atoms with Gasteiger partial charge in [0, 0.05) is 86.6 Å². The predicted molar refractivity (Wildman–Crippen MR) is 458 cm³/mol. The number of esters is 2. The summed E-state index contributed by atoms with van der Waals surface area (Å²) in [6, 6.07) is 10.4. The zero-order valence-corrected chi connectivity index (χ0v) is 73.6. The number of unbranched alkanes of at least 4 members (excludes halogenated alkanes) is 1. The molecule has 3 aromatic carbocycles. The molecule has 41 heteroatoms. The van der Waals surface area contributed by atoms with Gasteiger partial charge in [-0.05, 0) is 125 Å². The number of thiazole rings is 1. The number of ether oxygens (including phenoxy) is 3. The summed E-state index contributed by atoms with van der Waals surface area (Å²) in [5.41, 5.74) is 7.00. The number of likely N-dealkylation sites (N-methyl/N-ethyl adjacent to an activating group) is 1. The number of hydrogen-bond donors (Lipinski definition) is 16. The highest BCUT2D eigenvalue weighted by Crippen LogP contribution is 2.33. The van der Waals surface area contributed by atoms with Crippen LogP contribution in [0.4, 0.5) is 14.4 Å². The van der Waals surface area contributed by atoms with Crippen LogP contribution in [0, 0.1) is 17.8 Å². The number of piperidine rings is 1. The summed E-state index contributed by atoms with van der Waals surface area (Å²) in [7, 11) is 4.42. The van der Waals surface area contributed by atoms with Crippen molar-refractivity contribution in [3.05, 3.63) is 117 Å². The van der Waals surface area contributed by atoms with Crippen LogP contribution < -0.4 is 58.7 Å². The van der Waals surface area contributed by atoms with E-state index in [1.54, 1.807) is 80.6 Å². The molecule has 0 radical (unpaired) electrons. The number of phenolic OH excluding ortho intramolecular Hbond substituents is 1. The summed E-state index contributed by atoms with van der Waals surface area (Å²) >= 11 is 1.03. The van der Waals surface area contributed by atoms with Gasteiger partial charge in [0.2, 0.25) is 35.4 Å². The van der Waals surface area contributed by atoms with Gasteiger partial charge in [-0.25, -0.2) is 34.4 Å². The Morgan fingerprint density at radius 3 is 1.93 bits per heavy atom. The fourth-order valence-corrected chi connectivity index (χ4v) is 16.0. The average Bonchev–Trinajstić information content (AvgIpc) is 1.23. The highest BCUT2D eigenvalue weighted by atomic mass is 33.1. The monoisotopic (exact) mass is 1790 g/mol. The molecule has 1 saturated heterocycles. The molecule has 1 aromatic heterocycles. The molecule has 0 spiro atoms. The first-order chi connectivity index (χ1) is 58.9. The minimum atomic E-state index is -1.57. The number of nitrogens with one attached hydrogen (secondary N) is 11. The molecule has 0 bridgehead atoms. The number of benzene rings is 3. The third-order valence-corrected chi connectivity index (χ3v) is 23.6. The third-order valence-electron chi connectivity index (χ3n) is 20.1. The second-order valence-electron chi connectivity index (χ2n) is 30.6. The summed E-state index contributed by atoms with van der Waals surface area (Å²) < 4.78 is 16.9. The van der Waals surface area contributed by atoms with Crippen molar-refractivity contribution < 1.29 is 116 Å². The van der Waals surface area contributed by atoms with E-state index in [9.17, 15) is 92.3 Å². The normalized spacial score (nSPS) is 15.2. The van der Waals surface area contributed by atoms with Gasteiger partial charge < -0.3 is 92.5 Å². The highest BCUT2D eigenvalue weighted by molar-refractivity contribution is 8.76. The quantitative estimate of drug-likeness (QED) is 0.00602. The van der Waals surface area contributed by atoms with Gasteiger partial charge in [0.25, 0.3) is 5.91 Å². The molecule has 0 aliphatic carbocycles. The van der Waals surface area contributed by atoms with Crippen LogP contribution in [0.1, 0.15) is 189 Å². The van der Waals surface area contributed by atoms with Crippen molar-refractivity contribution >= 4 is 128 Å². The highest BCUT2D eigenvalue weighted by Gasteiger charge is 2.41. The first-order valence-corrected chi connectivity index (χ1v) is 44.5. The Morgan fingerprint density at radius 1 is 0.645 bits per heavy atom.